The van der Waals surface area contributed by atoms with E-state index in [0.29, 0.717) is 6.42 Å². The summed E-state index contributed by atoms with van der Waals surface area (Å²) in [7, 11) is 0. The van der Waals surface area contributed by atoms with Crippen LogP contribution in [0.4, 0.5) is 0 Å². The van der Waals surface area contributed by atoms with Gasteiger partial charge in [-0.3, -0.25) is 4.79 Å². The van der Waals surface area contributed by atoms with Crippen LogP contribution in [0.3, 0.4) is 0 Å². The van der Waals surface area contributed by atoms with E-state index in [2.05, 4.69) is 13.0 Å². The lowest BCUT2D eigenvalue weighted by molar-refractivity contribution is -0.156. The summed E-state index contributed by atoms with van der Waals surface area (Å²) < 4.78 is 5.45. The first-order chi connectivity index (χ1) is 6.58. The molecule has 0 aromatic carbocycles. The fourth-order valence-corrected chi connectivity index (χ4v) is 1.45. The quantitative estimate of drug-likeness (QED) is 0.646. The van der Waals surface area contributed by atoms with Crippen LogP contribution in [0, 0.1) is 5.92 Å². The molecule has 14 heavy (non-hydrogen) atoms. The largest absolute Gasteiger partial charge is 0.454 e. The number of carbonyl (C=O) groups is 1. The van der Waals surface area contributed by atoms with E-state index in [4.69, 9.17) is 4.74 Å². The average molecular weight is 194 g/mol. The first-order valence-electron chi connectivity index (χ1n) is 5.16. The third-order valence-electron chi connectivity index (χ3n) is 2.63. The van der Waals surface area contributed by atoms with E-state index < -0.39 is 5.60 Å². The van der Waals surface area contributed by atoms with Gasteiger partial charge in [-0.25, -0.2) is 0 Å². The zero-order valence-corrected chi connectivity index (χ0v) is 9.12. The van der Waals surface area contributed by atoms with Crippen molar-refractivity contribution >= 4 is 5.97 Å². The normalized spacial score (nSPS) is 30.4. The molecule has 0 bridgehead atoms. The van der Waals surface area contributed by atoms with Gasteiger partial charge < -0.3 is 4.74 Å². The van der Waals surface area contributed by atoms with Crippen LogP contribution < -0.4 is 0 Å². The standard InChI is InChI=1S/C12H18O2/c1-4-7-11(13)14-12(3)9-6-5-8-10(12)2/h5-6,8-10H,4,7H2,1-3H3. The highest BCUT2D eigenvalue weighted by Gasteiger charge is 2.31. The molecule has 0 aliphatic heterocycles. The number of hydrogen-bond donors (Lipinski definition) is 0. The van der Waals surface area contributed by atoms with Gasteiger partial charge in [-0.2, -0.15) is 0 Å². The minimum atomic E-state index is -0.457. The Hall–Kier alpha value is -1.05. The summed E-state index contributed by atoms with van der Waals surface area (Å²) in [5.41, 5.74) is -0.457. The Bertz CT molecular complexity index is 265. The van der Waals surface area contributed by atoms with Crippen LogP contribution >= 0.6 is 0 Å². The van der Waals surface area contributed by atoms with Crippen LogP contribution in [0.15, 0.2) is 24.3 Å². The highest BCUT2D eigenvalue weighted by molar-refractivity contribution is 5.70. The highest BCUT2D eigenvalue weighted by Crippen LogP contribution is 2.28. The highest BCUT2D eigenvalue weighted by atomic mass is 16.6. The van der Waals surface area contributed by atoms with Crippen molar-refractivity contribution in [2.45, 2.75) is 39.2 Å². The molecule has 0 saturated carbocycles. The third kappa shape index (κ3) is 2.47. The Morgan fingerprint density at radius 1 is 1.50 bits per heavy atom. The molecule has 0 amide bonds. The molecule has 2 heteroatoms. The van der Waals surface area contributed by atoms with Gasteiger partial charge in [0.2, 0.25) is 0 Å². The second-order valence-electron chi connectivity index (χ2n) is 3.94. The predicted molar refractivity (Wildman–Crippen MR) is 56.8 cm³/mol. The minimum Gasteiger partial charge on any atom is -0.454 e. The van der Waals surface area contributed by atoms with Crippen molar-refractivity contribution in [3.8, 4) is 0 Å². The molecule has 0 fully saturated rings. The first-order valence-corrected chi connectivity index (χ1v) is 5.16. The molecule has 1 rings (SSSR count). The maximum atomic E-state index is 11.4. The second kappa shape index (κ2) is 4.45. The molecule has 2 nitrogen and oxygen atoms in total. The SMILES string of the molecule is CCCC(=O)OC1(C)C=CC=CC1C. The van der Waals surface area contributed by atoms with E-state index in [1.807, 2.05) is 32.1 Å². The Morgan fingerprint density at radius 3 is 2.79 bits per heavy atom. The van der Waals surface area contributed by atoms with Gasteiger partial charge in [-0.15, -0.1) is 0 Å². The lowest BCUT2D eigenvalue weighted by Crippen LogP contribution is -2.36. The maximum absolute atomic E-state index is 11.4. The molecular formula is C12H18O2. The summed E-state index contributed by atoms with van der Waals surface area (Å²) in [4.78, 5) is 11.4. The van der Waals surface area contributed by atoms with Gasteiger partial charge in [0.1, 0.15) is 5.60 Å². The van der Waals surface area contributed by atoms with Gasteiger partial charge in [-0.05, 0) is 19.4 Å². The van der Waals surface area contributed by atoms with Gasteiger partial charge >= 0.3 is 5.97 Å². The van der Waals surface area contributed by atoms with Crippen LogP contribution in [-0.2, 0) is 9.53 Å². The van der Waals surface area contributed by atoms with Gasteiger partial charge in [0.05, 0.1) is 0 Å². The molecule has 0 spiro atoms. The molecule has 0 heterocycles. The van der Waals surface area contributed by atoms with Gasteiger partial charge in [-0.1, -0.05) is 32.1 Å². The Labute approximate surface area is 85.6 Å². The van der Waals surface area contributed by atoms with E-state index in [1.165, 1.54) is 0 Å². The molecule has 0 N–H and O–H groups in total. The molecule has 0 aromatic rings. The lowest BCUT2D eigenvalue weighted by Gasteiger charge is -2.32. The van der Waals surface area contributed by atoms with Gasteiger partial charge in [0.25, 0.3) is 0 Å². The smallest absolute Gasteiger partial charge is 0.306 e. The molecule has 2 unspecified atom stereocenters. The minimum absolute atomic E-state index is 0.109. The van der Waals surface area contributed by atoms with Crippen molar-refractivity contribution in [1.82, 2.24) is 0 Å². The summed E-state index contributed by atoms with van der Waals surface area (Å²) in [6.45, 7) is 5.98. The molecule has 2 atom stereocenters. The van der Waals surface area contributed by atoms with Crippen LogP contribution in [-0.4, -0.2) is 11.6 Å². The van der Waals surface area contributed by atoms with Crippen LogP contribution in [0.25, 0.3) is 0 Å². The molecule has 0 aromatic heterocycles. The topological polar surface area (TPSA) is 26.3 Å². The number of hydrogen-bond acceptors (Lipinski definition) is 2. The summed E-state index contributed by atoms with van der Waals surface area (Å²) in [5.74, 6) is 0.134. The van der Waals surface area contributed by atoms with E-state index in [1.54, 1.807) is 0 Å². The average Bonchev–Trinajstić information content (AvgIpc) is 2.10. The molecule has 78 valence electrons. The number of carbonyl (C=O) groups excluding carboxylic acids is 1. The fourth-order valence-electron chi connectivity index (χ4n) is 1.45. The number of ether oxygens (including phenoxy) is 1. The van der Waals surface area contributed by atoms with Gasteiger partial charge in [0, 0.05) is 12.3 Å². The Kier molecular flexibility index (Phi) is 3.50. The van der Waals surface area contributed by atoms with Crippen molar-refractivity contribution in [3.63, 3.8) is 0 Å². The summed E-state index contributed by atoms with van der Waals surface area (Å²) in [6, 6.07) is 0. The first kappa shape index (κ1) is 11.0. The molecule has 0 saturated heterocycles. The van der Waals surface area contributed by atoms with E-state index in [0.717, 1.165) is 6.42 Å². The molecular weight excluding hydrogens is 176 g/mol. The summed E-state index contributed by atoms with van der Waals surface area (Å²) in [5, 5.41) is 0. The Morgan fingerprint density at radius 2 is 2.21 bits per heavy atom. The zero-order valence-electron chi connectivity index (χ0n) is 9.12. The van der Waals surface area contributed by atoms with Crippen LogP contribution in [0.2, 0.25) is 0 Å². The van der Waals surface area contributed by atoms with Crippen molar-refractivity contribution in [1.29, 1.82) is 0 Å². The third-order valence-corrected chi connectivity index (χ3v) is 2.63. The van der Waals surface area contributed by atoms with E-state index in [-0.39, 0.29) is 11.9 Å². The molecule has 0 radical (unpaired) electrons. The Balaban J connectivity index is 2.61. The predicted octanol–water partition coefficient (Wildman–Crippen LogP) is 2.85. The van der Waals surface area contributed by atoms with Crippen LogP contribution in [0.1, 0.15) is 33.6 Å². The zero-order chi connectivity index (χ0) is 10.6. The maximum Gasteiger partial charge on any atom is 0.306 e. The molecule has 1 aliphatic carbocycles. The molecule has 1 aliphatic rings. The second-order valence-corrected chi connectivity index (χ2v) is 3.94. The van der Waals surface area contributed by atoms with E-state index >= 15 is 0 Å². The lowest BCUT2D eigenvalue weighted by atomic mass is 9.87. The number of rotatable bonds is 3. The van der Waals surface area contributed by atoms with Crippen molar-refractivity contribution in [2.75, 3.05) is 0 Å². The van der Waals surface area contributed by atoms with Gasteiger partial charge in [0.15, 0.2) is 0 Å². The summed E-state index contributed by atoms with van der Waals surface area (Å²) in [6.07, 6.45) is 9.26. The summed E-state index contributed by atoms with van der Waals surface area (Å²) >= 11 is 0. The van der Waals surface area contributed by atoms with Crippen molar-refractivity contribution < 1.29 is 9.53 Å². The van der Waals surface area contributed by atoms with Crippen molar-refractivity contribution in [2.24, 2.45) is 5.92 Å². The van der Waals surface area contributed by atoms with Crippen molar-refractivity contribution in [3.05, 3.63) is 24.3 Å². The monoisotopic (exact) mass is 194 g/mol. The van der Waals surface area contributed by atoms with Crippen LogP contribution in [0.5, 0.6) is 0 Å². The van der Waals surface area contributed by atoms with E-state index in [9.17, 15) is 4.79 Å². The number of allylic oxidation sites excluding steroid dienone is 2. The number of esters is 1. The fraction of sp³-hybridized carbons (Fsp3) is 0.583.